The van der Waals surface area contributed by atoms with Crippen LogP contribution in [0.4, 0.5) is 0 Å². The number of hydrogen-bond donors (Lipinski definition) is 1. The van der Waals surface area contributed by atoms with Crippen LogP contribution in [0, 0.1) is 0 Å². The third-order valence-corrected chi connectivity index (χ3v) is 3.70. The van der Waals surface area contributed by atoms with Gasteiger partial charge in [0.2, 0.25) is 0 Å². The summed E-state index contributed by atoms with van der Waals surface area (Å²) in [6, 6.07) is 2.11. The number of fused-ring (bicyclic) bond motifs is 2. The molecule has 0 amide bonds. The van der Waals surface area contributed by atoms with E-state index in [2.05, 4.69) is 9.97 Å². The molecule has 1 aromatic rings. The van der Waals surface area contributed by atoms with E-state index in [0.29, 0.717) is 18.1 Å². The normalized spacial score (nSPS) is 32.9. The third kappa shape index (κ3) is 2.19. The summed E-state index contributed by atoms with van der Waals surface area (Å²) in [6.45, 7) is 2.00. The van der Waals surface area contributed by atoms with Gasteiger partial charge in [-0.1, -0.05) is 0 Å². The molecular weight excluding hydrogens is 214 g/mol. The second kappa shape index (κ2) is 4.35. The van der Waals surface area contributed by atoms with Crippen molar-refractivity contribution >= 4 is 0 Å². The fourth-order valence-electron chi connectivity index (χ4n) is 2.94. The van der Waals surface area contributed by atoms with E-state index in [-0.39, 0.29) is 6.04 Å². The highest BCUT2D eigenvalue weighted by molar-refractivity contribution is 5.12. The molecule has 2 fully saturated rings. The first-order valence-corrected chi connectivity index (χ1v) is 6.45. The minimum Gasteiger partial charge on any atom is -0.374 e. The van der Waals surface area contributed by atoms with Crippen molar-refractivity contribution < 1.29 is 4.74 Å². The Bertz CT molecular complexity index is 407. The number of nitrogens with zero attached hydrogens (tertiary/aromatic N) is 2. The van der Waals surface area contributed by atoms with Gasteiger partial charge in [-0.3, -0.25) is 0 Å². The Morgan fingerprint density at radius 1 is 1.53 bits per heavy atom. The molecule has 0 saturated carbocycles. The van der Waals surface area contributed by atoms with Crippen molar-refractivity contribution in [3.8, 4) is 0 Å². The number of ether oxygens (including phenoxy) is 1. The first-order chi connectivity index (χ1) is 8.22. The molecule has 0 radical (unpaired) electrons. The van der Waals surface area contributed by atoms with Crippen LogP contribution in [0.15, 0.2) is 12.3 Å². The maximum absolute atomic E-state index is 5.86. The average Bonchev–Trinajstić information content (AvgIpc) is 2.90. The van der Waals surface area contributed by atoms with Crippen LogP contribution in [0.1, 0.15) is 43.6 Å². The van der Waals surface area contributed by atoms with E-state index in [4.69, 9.17) is 10.5 Å². The first-order valence-electron chi connectivity index (χ1n) is 6.45. The molecule has 92 valence electrons. The molecule has 0 aromatic carbocycles. The fraction of sp³-hybridized carbons (Fsp3) is 0.692. The highest BCUT2D eigenvalue weighted by Crippen LogP contribution is 2.43. The standard InChI is InChI=1S/C13H19N3O/c1-8(14)6-9-4-5-15-13(16-9)11-7-10-2-3-12(11)17-10/h4-5,8,10-12H,2-3,6-7,14H2,1H3. The molecule has 0 aliphatic carbocycles. The van der Waals surface area contributed by atoms with E-state index in [1.807, 2.05) is 19.2 Å². The molecule has 3 rings (SSSR count). The lowest BCUT2D eigenvalue weighted by Gasteiger charge is -2.17. The lowest BCUT2D eigenvalue weighted by atomic mass is 9.88. The van der Waals surface area contributed by atoms with Crippen LogP contribution in [0.25, 0.3) is 0 Å². The zero-order chi connectivity index (χ0) is 11.8. The van der Waals surface area contributed by atoms with Crippen molar-refractivity contribution in [1.29, 1.82) is 0 Å². The molecule has 3 heterocycles. The van der Waals surface area contributed by atoms with Gasteiger partial charge in [0.1, 0.15) is 5.82 Å². The average molecular weight is 233 g/mol. The van der Waals surface area contributed by atoms with Crippen LogP contribution in [0.3, 0.4) is 0 Å². The predicted molar refractivity (Wildman–Crippen MR) is 64.6 cm³/mol. The van der Waals surface area contributed by atoms with Crippen LogP contribution in [0.5, 0.6) is 0 Å². The van der Waals surface area contributed by atoms with Gasteiger partial charge in [0.05, 0.1) is 12.2 Å². The zero-order valence-electron chi connectivity index (χ0n) is 10.2. The fourth-order valence-corrected chi connectivity index (χ4v) is 2.94. The summed E-state index contributed by atoms with van der Waals surface area (Å²) in [5, 5.41) is 0. The minimum absolute atomic E-state index is 0.147. The Hall–Kier alpha value is -1.00. The monoisotopic (exact) mass is 233 g/mol. The van der Waals surface area contributed by atoms with Crippen molar-refractivity contribution in [1.82, 2.24) is 9.97 Å². The zero-order valence-corrected chi connectivity index (χ0v) is 10.2. The van der Waals surface area contributed by atoms with Gasteiger partial charge in [0.15, 0.2) is 0 Å². The van der Waals surface area contributed by atoms with E-state index in [1.54, 1.807) is 0 Å². The van der Waals surface area contributed by atoms with E-state index < -0.39 is 0 Å². The molecule has 2 saturated heterocycles. The highest BCUT2D eigenvalue weighted by atomic mass is 16.5. The van der Waals surface area contributed by atoms with E-state index in [0.717, 1.165) is 30.8 Å². The summed E-state index contributed by atoms with van der Waals surface area (Å²) in [4.78, 5) is 9.06. The molecule has 2 aliphatic heterocycles. The number of rotatable bonds is 3. The molecule has 2 N–H and O–H groups in total. The van der Waals surface area contributed by atoms with Crippen molar-refractivity contribution in [2.45, 2.75) is 56.8 Å². The topological polar surface area (TPSA) is 61.0 Å². The molecule has 17 heavy (non-hydrogen) atoms. The number of hydrogen-bond acceptors (Lipinski definition) is 4. The number of nitrogens with two attached hydrogens (primary N) is 1. The van der Waals surface area contributed by atoms with Crippen LogP contribution in [0.2, 0.25) is 0 Å². The molecule has 4 heteroatoms. The molecule has 2 aliphatic rings. The number of aromatic nitrogens is 2. The largest absolute Gasteiger partial charge is 0.374 e. The maximum atomic E-state index is 5.86. The van der Waals surface area contributed by atoms with Crippen molar-refractivity contribution in [3.05, 3.63) is 23.8 Å². The van der Waals surface area contributed by atoms with E-state index >= 15 is 0 Å². The Morgan fingerprint density at radius 2 is 2.41 bits per heavy atom. The third-order valence-electron chi connectivity index (χ3n) is 3.70. The van der Waals surface area contributed by atoms with Gasteiger partial charge in [0.25, 0.3) is 0 Å². The summed E-state index contributed by atoms with van der Waals surface area (Å²) in [7, 11) is 0. The quantitative estimate of drug-likeness (QED) is 0.857. The molecule has 2 bridgehead atoms. The van der Waals surface area contributed by atoms with Crippen LogP contribution in [-0.2, 0) is 11.2 Å². The van der Waals surface area contributed by atoms with Gasteiger partial charge in [0, 0.05) is 30.3 Å². The summed E-state index contributed by atoms with van der Waals surface area (Å²) in [5.74, 6) is 1.36. The van der Waals surface area contributed by atoms with Crippen molar-refractivity contribution in [3.63, 3.8) is 0 Å². The minimum atomic E-state index is 0.147. The van der Waals surface area contributed by atoms with Gasteiger partial charge in [-0.05, 0) is 32.3 Å². The van der Waals surface area contributed by atoms with Gasteiger partial charge in [-0.2, -0.15) is 0 Å². The van der Waals surface area contributed by atoms with Gasteiger partial charge in [-0.25, -0.2) is 9.97 Å². The summed E-state index contributed by atoms with van der Waals surface area (Å²) in [6.07, 6.45) is 6.93. The highest BCUT2D eigenvalue weighted by Gasteiger charge is 2.42. The Kier molecular flexibility index (Phi) is 2.84. The first kappa shape index (κ1) is 11.1. The van der Waals surface area contributed by atoms with E-state index in [1.165, 1.54) is 6.42 Å². The lowest BCUT2D eigenvalue weighted by Crippen LogP contribution is -2.21. The molecule has 4 atom stereocenters. The van der Waals surface area contributed by atoms with Gasteiger partial charge >= 0.3 is 0 Å². The second-order valence-corrected chi connectivity index (χ2v) is 5.30. The predicted octanol–water partition coefficient (Wildman–Crippen LogP) is 1.40. The van der Waals surface area contributed by atoms with Crippen LogP contribution >= 0.6 is 0 Å². The van der Waals surface area contributed by atoms with Gasteiger partial charge in [-0.15, -0.1) is 0 Å². The molecule has 0 spiro atoms. The SMILES string of the molecule is CC(N)Cc1ccnc(C2CC3CCC2O3)n1. The van der Waals surface area contributed by atoms with Crippen LogP contribution in [-0.4, -0.2) is 28.2 Å². The van der Waals surface area contributed by atoms with Crippen molar-refractivity contribution in [2.24, 2.45) is 5.73 Å². The summed E-state index contributed by atoms with van der Waals surface area (Å²) >= 11 is 0. The summed E-state index contributed by atoms with van der Waals surface area (Å²) in [5.41, 5.74) is 6.85. The van der Waals surface area contributed by atoms with E-state index in [9.17, 15) is 0 Å². The Balaban J connectivity index is 1.79. The second-order valence-electron chi connectivity index (χ2n) is 5.30. The Morgan fingerprint density at radius 3 is 3.06 bits per heavy atom. The Labute approximate surface area is 102 Å². The molecule has 4 nitrogen and oxygen atoms in total. The maximum Gasteiger partial charge on any atom is 0.134 e. The van der Waals surface area contributed by atoms with Gasteiger partial charge < -0.3 is 10.5 Å². The molecule has 1 aromatic heterocycles. The lowest BCUT2D eigenvalue weighted by molar-refractivity contribution is 0.0998. The summed E-state index contributed by atoms with van der Waals surface area (Å²) < 4.78 is 5.86. The molecular formula is C13H19N3O. The van der Waals surface area contributed by atoms with Crippen LogP contribution < -0.4 is 5.73 Å². The van der Waals surface area contributed by atoms with Crippen molar-refractivity contribution in [2.75, 3.05) is 0 Å². The molecule has 4 unspecified atom stereocenters. The smallest absolute Gasteiger partial charge is 0.134 e.